The Balaban J connectivity index is 1.94. The molecule has 1 saturated carbocycles. The second-order valence-corrected chi connectivity index (χ2v) is 6.08. The van der Waals surface area contributed by atoms with E-state index in [0.717, 1.165) is 12.8 Å². The van der Waals surface area contributed by atoms with Crippen LogP contribution in [0.15, 0.2) is 6.07 Å². The van der Waals surface area contributed by atoms with Crippen LogP contribution in [-0.2, 0) is 19.9 Å². The van der Waals surface area contributed by atoms with E-state index in [9.17, 15) is 0 Å². The smallest absolute Gasteiger partial charge is 0.0624 e. The summed E-state index contributed by atoms with van der Waals surface area (Å²) in [4.78, 5) is 0. The van der Waals surface area contributed by atoms with Gasteiger partial charge in [0.25, 0.3) is 0 Å². The van der Waals surface area contributed by atoms with E-state index < -0.39 is 0 Å². The van der Waals surface area contributed by atoms with Gasteiger partial charge in [0.1, 0.15) is 0 Å². The molecule has 2 N–H and O–H groups in total. The second-order valence-electron chi connectivity index (χ2n) is 6.08. The van der Waals surface area contributed by atoms with Crippen LogP contribution in [-0.4, -0.2) is 15.8 Å². The maximum Gasteiger partial charge on any atom is 0.0624 e. The van der Waals surface area contributed by atoms with Crippen LogP contribution in [0.5, 0.6) is 0 Å². The van der Waals surface area contributed by atoms with E-state index in [1.165, 1.54) is 56.3 Å². The Kier molecular flexibility index (Phi) is 5.44. The van der Waals surface area contributed by atoms with Crippen LogP contribution in [0.25, 0.3) is 0 Å². The lowest BCUT2D eigenvalue weighted by Crippen LogP contribution is -2.33. The lowest BCUT2D eigenvalue weighted by atomic mass is 9.84. The van der Waals surface area contributed by atoms with Crippen molar-refractivity contribution in [2.24, 2.45) is 18.7 Å². The summed E-state index contributed by atoms with van der Waals surface area (Å²) in [5.74, 6) is 0.709. The van der Waals surface area contributed by atoms with Crippen LogP contribution in [0.4, 0.5) is 0 Å². The van der Waals surface area contributed by atoms with Crippen molar-refractivity contribution in [2.75, 3.05) is 0 Å². The lowest BCUT2D eigenvalue weighted by Gasteiger charge is -2.25. The molecule has 1 aliphatic rings. The van der Waals surface area contributed by atoms with Crippen molar-refractivity contribution >= 4 is 0 Å². The zero-order valence-electron chi connectivity index (χ0n) is 12.6. The molecule has 0 aromatic carbocycles. The fraction of sp³-hybridized carbons (Fsp3) is 0.812. The SMILES string of the molecule is CCc1cc(CC(N)C2CCCCCCC2)n(C)n1. The Morgan fingerprint density at radius 2 is 1.89 bits per heavy atom. The second kappa shape index (κ2) is 7.09. The number of nitrogens with two attached hydrogens (primary N) is 1. The zero-order valence-corrected chi connectivity index (χ0v) is 12.6. The molecule has 2 rings (SSSR count). The molecule has 108 valence electrons. The number of aromatic nitrogens is 2. The fourth-order valence-electron chi connectivity index (χ4n) is 3.26. The van der Waals surface area contributed by atoms with Crippen LogP contribution in [0.3, 0.4) is 0 Å². The normalized spacial score (nSPS) is 19.9. The van der Waals surface area contributed by atoms with Crippen LogP contribution >= 0.6 is 0 Å². The summed E-state index contributed by atoms with van der Waals surface area (Å²) < 4.78 is 2.02. The van der Waals surface area contributed by atoms with Crippen molar-refractivity contribution in [3.05, 3.63) is 17.5 Å². The van der Waals surface area contributed by atoms with E-state index in [-0.39, 0.29) is 0 Å². The zero-order chi connectivity index (χ0) is 13.7. The van der Waals surface area contributed by atoms with Gasteiger partial charge in [-0.3, -0.25) is 4.68 Å². The lowest BCUT2D eigenvalue weighted by molar-refractivity contribution is 0.319. The first kappa shape index (κ1) is 14.6. The van der Waals surface area contributed by atoms with Gasteiger partial charge >= 0.3 is 0 Å². The van der Waals surface area contributed by atoms with Crippen molar-refractivity contribution in [2.45, 2.75) is 70.8 Å². The highest BCUT2D eigenvalue weighted by Crippen LogP contribution is 2.25. The number of aryl methyl sites for hydroxylation is 2. The molecule has 3 nitrogen and oxygen atoms in total. The number of rotatable bonds is 4. The molecule has 0 aliphatic heterocycles. The summed E-state index contributed by atoms with van der Waals surface area (Å²) in [6.45, 7) is 2.15. The molecule has 3 heteroatoms. The predicted molar refractivity (Wildman–Crippen MR) is 80.1 cm³/mol. The van der Waals surface area contributed by atoms with Crippen LogP contribution in [0, 0.1) is 5.92 Å². The van der Waals surface area contributed by atoms with Gasteiger partial charge in [-0.1, -0.05) is 39.0 Å². The minimum atomic E-state index is 0.304. The quantitative estimate of drug-likeness (QED) is 0.906. The molecule has 1 unspecified atom stereocenters. The Hall–Kier alpha value is -0.830. The summed E-state index contributed by atoms with van der Waals surface area (Å²) in [6, 6.07) is 2.53. The van der Waals surface area contributed by atoms with E-state index >= 15 is 0 Å². The number of hydrogen-bond acceptors (Lipinski definition) is 2. The average molecular weight is 263 g/mol. The molecular formula is C16H29N3. The van der Waals surface area contributed by atoms with Gasteiger partial charge in [0.15, 0.2) is 0 Å². The van der Waals surface area contributed by atoms with E-state index in [1.54, 1.807) is 0 Å². The Bertz CT molecular complexity index is 375. The molecule has 0 saturated heterocycles. The highest BCUT2D eigenvalue weighted by Gasteiger charge is 2.20. The minimum absolute atomic E-state index is 0.304. The summed E-state index contributed by atoms with van der Waals surface area (Å²) >= 11 is 0. The van der Waals surface area contributed by atoms with Gasteiger partial charge in [-0.15, -0.1) is 0 Å². The van der Waals surface area contributed by atoms with E-state index in [2.05, 4.69) is 18.1 Å². The van der Waals surface area contributed by atoms with Gasteiger partial charge in [-0.25, -0.2) is 0 Å². The standard InChI is InChI=1S/C16H29N3/c1-3-14-11-15(19(2)18-14)12-16(17)13-9-7-5-4-6-8-10-13/h11,13,16H,3-10,12,17H2,1-2H3. The van der Waals surface area contributed by atoms with Gasteiger partial charge in [-0.2, -0.15) is 5.10 Å². The minimum Gasteiger partial charge on any atom is -0.327 e. The van der Waals surface area contributed by atoms with Gasteiger partial charge in [0.2, 0.25) is 0 Å². The monoisotopic (exact) mass is 263 g/mol. The highest BCUT2D eigenvalue weighted by atomic mass is 15.3. The maximum atomic E-state index is 6.48. The first-order chi connectivity index (χ1) is 9.20. The van der Waals surface area contributed by atoms with Crippen molar-refractivity contribution in [1.82, 2.24) is 9.78 Å². The molecule has 1 aromatic rings. The van der Waals surface area contributed by atoms with E-state index in [4.69, 9.17) is 5.73 Å². The van der Waals surface area contributed by atoms with Gasteiger partial charge in [-0.05, 0) is 31.2 Å². The van der Waals surface area contributed by atoms with Crippen LogP contribution < -0.4 is 5.73 Å². The molecule has 1 aromatic heterocycles. The van der Waals surface area contributed by atoms with Crippen molar-refractivity contribution < 1.29 is 0 Å². The molecule has 0 spiro atoms. The highest BCUT2D eigenvalue weighted by molar-refractivity contribution is 5.11. The molecule has 1 heterocycles. The summed E-state index contributed by atoms with van der Waals surface area (Å²) in [5.41, 5.74) is 8.96. The van der Waals surface area contributed by atoms with Gasteiger partial charge < -0.3 is 5.73 Å². The first-order valence-electron chi connectivity index (χ1n) is 7.98. The Labute approximate surface area is 117 Å². The Morgan fingerprint density at radius 1 is 1.26 bits per heavy atom. The number of hydrogen-bond donors (Lipinski definition) is 1. The molecule has 0 radical (unpaired) electrons. The summed E-state index contributed by atoms with van der Waals surface area (Å²) in [5, 5.41) is 4.52. The molecule has 1 fully saturated rings. The number of nitrogens with zero attached hydrogens (tertiary/aromatic N) is 2. The van der Waals surface area contributed by atoms with Crippen molar-refractivity contribution in [3.63, 3.8) is 0 Å². The Morgan fingerprint density at radius 3 is 2.47 bits per heavy atom. The van der Waals surface area contributed by atoms with E-state index in [1.807, 2.05) is 11.7 Å². The molecule has 1 aliphatic carbocycles. The topological polar surface area (TPSA) is 43.8 Å². The third-order valence-corrected chi connectivity index (χ3v) is 4.59. The molecule has 0 bridgehead atoms. The third-order valence-electron chi connectivity index (χ3n) is 4.59. The van der Waals surface area contributed by atoms with Gasteiger partial charge in [0.05, 0.1) is 5.69 Å². The first-order valence-corrected chi connectivity index (χ1v) is 7.98. The maximum absolute atomic E-state index is 6.48. The van der Waals surface area contributed by atoms with Crippen LogP contribution in [0.1, 0.15) is 63.3 Å². The molecular weight excluding hydrogens is 234 g/mol. The van der Waals surface area contributed by atoms with Crippen LogP contribution in [0.2, 0.25) is 0 Å². The molecule has 19 heavy (non-hydrogen) atoms. The third kappa shape index (κ3) is 4.07. The largest absolute Gasteiger partial charge is 0.327 e. The fourth-order valence-corrected chi connectivity index (χ4v) is 3.26. The molecule has 1 atom stereocenters. The average Bonchev–Trinajstić information content (AvgIpc) is 2.69. The summed E-state index contributed by atoms with van der Waals surface area (Å²) in [6.07, 6.45) is 11.6. The molecule has 0 amide bonds. The predicted octanol–water partition coefficient (Wildman–Crippen LogP) is 3.21. The van der Waals surface area contributed by atoms with Crippen molar-refractivity contribution in [1.29, 1.82) is 0 Å². The van der Waals surface area contributed by atoms with E-state index in [0.29, 0.717) is 12.0 Å². The van der Waals surface area contributed by atoms with Gasteiger partial charge in [0, 0.05) is 25.2 Å². The van der Waals surface area contributed by atoms with Crippen molar-refractivity contribution in [3.8, 4) is 0 Å². The summed E-state index contributed by atoms with van der Waals surface area (Å²) in [7, 11) is 2.04.